The summed E-state index contributed by atoms with van der Waals surface area (Å²) in [6.07, 6.45) is 0. The molecule has 2 aromatic carbocycles. The number of nitro benzene ring substituents is 2. The monoisotopic (exact) mass is 338 g/mol. The van der Waals surface area contributed by atoms with Gasteiger partial charge in [-0.05, 0) is 24.3 Å². The van der Waals surface area contributed by atoms with Crippen LogP contribution in [0.5, 0.6) is 23.0 Å². The summed E-state index contributed by atoms with van der Waals surface area (Å²) in [7, 11) is 2.67. The number of hydrogen-bond acceptors (Lipinski definition) is 8. The first-order valence-corrected chi connectivity index (χ1v) is 6.33. The van der Waals surface area contributed by atoms with Gasteiger partial charge in [0, 0.05) is 0 Å². The number of nitro groups is 2. The molecular formula is C14H14N2O8. The lowest BCUT2D eigenvalue weighted by atomic mass is 10.3. The fourth-order valence-corrected chi connectivity index (χ4v) is 1.64. The summed E-state index contributed by atoms with van der Waals surface area (Å²) in [4.78, 5) is 19.5. The first kappa shape index (κ1) is 18.5. The first-order valence-electron chi connectivity index (χ1n) is 6.33. The molecule has 2 rings (SSSR count). The third kappa shape index (κ3) is 4.73. The van der Waals surface area contributed by atoms with Crippen molar-refractivity contribution in [3.05, 3.63) is 56.6 Å². The molecule has 0 amide bonds. The van der Waals surface area contributed by atoms with E-state index in [1.807, 2.05) is 0 Å². The summed E-state index contributed by atoms with van der Waals surface area (Å²) in [6, 6.07) is 7.41. The Morgan fingerprint density at radius 1 is 0.792 bits per heavy atom. The van der Waals surface area contributed by atoms with Gasteiger partial charge in [0.15, 0.2) is 11.5 Å². The van der Waals surface area contributed by atoms with Crippen molar-refractivity contribution in [1.82, 2.24) is 0 Å². The lowest BCUT2D eigenvalue weighted by Gasteiger charge is -2.00. The highest BCUT2D eigenvalue weighted by molar-refractivity contribution is 5.51. The zero-order chi connectivity index (χ0) is 18.3. The number of rotatable bonds is 4. The lowest BCUT2D eigenvalue weighted by molar-refractivity contribution is -0.386. The van der Waals surface area contributed by atoms with Crippen LogP contribution in [0, 0.1) is 20.2 Å². The standard InChI is InChI=1S/2C7H7NO4/c2*1-12-7-3-2-5(9)4-6(7)8(10)11/h2*2-4,9H,1H3. The number of phenolic OH excluding ortho intramolecular Hbond substituents is 2. The molecule has 0 saturated carbocycles. The summed E-state index contributed by atoms with van der Waals surface area (Å²) in [5, 5.41) is 38.5. The number of methoxy groups -OCH3 is 2. The molecule has 0 saturated heterocycles. The van der Waals surface area contributed by atoms with Gasteiger partial charge in [0.05, 0.1) is 36.2 Å². The topological polar surface area (TPSA) is 145 Å². The summed E-state index contributed by atoms with van der Waals surface area (Å²) in [6.45, 7) is 0. The van der Waals surface area contributed by atoms with Gasteiger partial charge in [0.25, 0.3) is 0 Å². The average Bonchev–Trinajstić information content (AvgIpc) is 2.55. The largest absolute Gasteiger partial charge is 0.508 e. The summed E-state index contributed by atoms with van der Waals surface area (Å²) >= 11 is 0. The lowest BCUT2D eigenvalue weighted by Crippen LogP contribution is -1.92. The van der Waals surface area contributed by atoms with Crippen LogP contribution in [0.2, 0.25) is 0 Å². The molecule has 0 fully saturated rings. The van der Waals surface area contributed by atoms with Crippen LogP contribution in [0.25, 0.3) is 0 Å². The van der Waals surface area contributed by atoms with Crippen LogP contribution in [0.1, 0.15) is 0 Å². The molecule has 24 heavy (non-hydrogen) atoms. The third-order valence-corrected chi connectivity index (χ3v) is 2.72. The van der Waals surface area contributed by atoms with Gasteiger partial charge in [0.2, 0.25) is 0 Å². The Hall–Kier alpha value is -3.56. The number of aromatic hydroxyl groups is 2. The maximum absolute atomic E-state index is 10.3. The second kappa shape index (κ2) is 8.17. The Morgan fingerprint density at radius 2 is 1.12 bits per heavy atom. The van der Waals surface area contributed by atoms with E-state index in [4.69, 9.17) is 19.7 Å². The zero-order valence-electron chi connectivity index (χ0n) is 12.7. The molecule has 10 nitrogen and oxygen atoms in total. The highest BCUT2D eigenvalue weighted by Crippen LogP contribution is 2.30. The van der Waals surface area contributed by atoms with Gasteiger partial charge in [-0.15, -0.1) is 0 Å². The van der Waals surface area contributed by atoms with E-state index in [1.165, 1.54) is 38.5 Å². The van der Waals surface area contributed by atoms with E-state index in [0.29, 0.717) is 0 Å². The molecule has 0 unspecified atom stereocenters. The van der Waals surface area contributed by atoms with Gasteiger partial charge in [0.1, 0.15) is 11.5 Å². The second-order valence-corrected chi connectivity index (χ2v) is 4.23. The van der Waals surface area contributed by atoms with Crippen molar-refractivity contribution < 1.29 is 29.5 Å². The predicted molar refractivity (Wildman–Crippen MR) is 82.6 cm³/mol. The van der Waals surface area contributed by atoms with Gasteiger partial charge in [-0.2, -0.15) is 0 Å². The Balaban J connectivity index is 0.000000240. The highest BCUT2D eigenvalue weighted by atomic mass is 16.6. The van der Waals surface area contributed by atoms with Crippen molar-refractivity contribution in [3.63, 3.8) is 0 Å². The fraction of sp³-hybridized carbons (Fsp3) is 0.143. The molecule has 0 aromatic heterocycles. The molecule has 0 atom stereocenters. The van der Waals surface area contributed by atoms with E-state index in [9.17, 15) is 20.2 Å². The number of hydrogen-bond donors (Lipinski definition) is 2. The highest BCUT2D eigenvalue weighted by Gasteiger charge is 2.15. The van der Waals surface area contributed by atoms with Crippen LogP contribution in [-0.2, 0) is 0 Å². The van der Waals surface area contributed by atoms with E-state index in [1.54, 1.807) is 0 Å². The SMILES string of the molecule is COc1ccc(O)cc1[N+](=O)[O-].COc1ccc(O)cc1[N+](=O)[O-]. The molecule has 0 radical (unpaired) electrons. The van der Waals surface area contributed by atoms with Crippen LogP contribution in [-0.4, -0.2) is 34.3 Å². The van der Waals surface area contributed by atoms with Crippen molar-refractivity contribution in [1.29, 1.82) is 0 Å². The molecule has 10 heteroatoms. The molecule has 0 bridgehead atoms. The van der Waals surface area contributed by atoms with Crippen LogP contribution in [0.3, 0.4) is 0 Å². The number of benzene rings is 2. The molecule has 128 valence electrons. The predicted octanol–water partition coefficient (Wildman–Crippen LogP) is 2.62. The van der Waals surface area contributed by atoms with Gasteiger partial charge in [-0.3, -0.25) is 20.2 Å². The van der Waals surface area contributed by atoms with Crippen molar-refractivity contribution >= 4 is 11.4 Å². The smallest absolute Gasteiger partial charge is 0.314 e. The van der Waals surface area contributed by atoms with E-state index < -0.39 is 9.85 Å². The van der Waals surface area contributed by atoms with Gasteiger partial charge >= 0.3 is 11.4 Å². The normalized spacial score (nSPS) is 9.42. The number of nitrogens with zero attached hydrogens (tertiary/aromatic N) is 2. The van der Waals surface area contributed by atoms with E-state index in [2.05, 4.69) is 0 Å². The zero-order valence-corrected chi connectivity index (χ0v) is 12.7. The molecular weight excluding hydrogens is 324 g/mol. The summed E-state index contributed by atoms with van der Waals surface area (Å²) in [5.41, 5.74) is -0.477. The molecule has 0 aliphatic heterocycles. The maximum Gasteiger partial charge on any atom is 0.314 e. The van der Waals surface area contributed by atoms with Crippen molar-refractivity contribution in [3.8, 4) is 23.0 Å². The minimum Gasteiger partial charge on any atom is -0.508 e. The van der Waals surface area contributed by atoms with Gasteiger partial charge in [-0.1, -0.05) is 0 Å². The second-order valence-electron chi connectivity index (χ2n) is 4.23. The van der Waals surface area contributed by atoms with E-state index in [-0.39, 0.29) is 34.4 Å². The number of ether oxygens (including phenoxy) is 2. The molecule has 0 spiro atoms. The molecule has 2 N–H and O–H groups in total. The van der Waals surface area contributed by atoms with Crippen LogP contribution < -0.4 is 9.47 Å². The van der Waals surface area contributed by atoms with Gasteiger partial charge in [-0.25, -0.2) is 0 Å². The average molecular weight is 338 g/mol. The van der Waals surface area contributed by atoms with Crippen LogP contribution >= 0.6 is 0 Å². The molecule has 2 aromatic rings. The minimum atomic E-state index is -0.613. The quantitative estimate of drug-likeness (QED) is 0.639. The molecule has 0 heterocycles. The van der Waals surface area contributed by atoms with Crippen molar-refractivity contribution in [2.24, 2.45) is 0 Å². The van der Waals surface area contributed by atoms with Crippen molar-refractivity contribution in [2.75, 3.05) is 14.2 Å². The van der Waals surface area contributed by atoms with Crippen molar-refractivity contribution in [2.45, 2.75) is 0 Å². The first-order chi connectivity index (χ1) is 11.3. The summed E-state index contributed by atoms with van der Waals surface area (Å²) < 4.78 is 9.42. The third-order valence-electron chi connectivity index (χ3n) is 2.72. The van der Waals surface area contributed by atoms with Crippen LogP contribution in [0.4, 0.5) is 11.4 Å². The Bertz CT molecular complexity index is 684. The molecule has 0 aliphatic carbocycles. The Kier molecular flexibility index (Phi) is 6.30. The molecule has 0 aliphatic rings. The Labute approximate surface area is 135 Å². The van der Waals surface area contributed by atoms with Gasteiger partial charge < -0.3 is 19.7 Å². The summed E-state index contributed by atoms with van der Waals surface area (Å²) in [5.74, 6) is -0.0272. The fourth-order valence-electron chi connectivity index (χ4n) is 1.64. The van der Waals surface area contributed by atoms with Crippen LogP contribution in [0.15, 0.2) is 36.4 Å². The van der Waals surface area contributed by atoms with E-state index in [0.717, 1.165) is 12.1 Å². The maximum atomic E-state index is 10.3. The minimum absolute atomic E-state index is 0.137. The number of phenols is 2. The van der Waals surface area contributed by atoms with E-state index >= 15 is 0 Å². The Morgan fingerprint density at radius 3 is 1.38 bits per heavy atom.